The monoisotopic (exact) mass is 647 g/mol. The molecule has 9 heteroatoms. The number of methoxy groups -OCH3 is 1. The second-order valence-corrected chi connectivity index (χ2v) is 14.7. The number of hydrogen-bond acceptors (Lipinski definition) is 7. The third-order valence-electron chi connectivity index (χ3n) is 10.2. The van der Waals surface area contributed by atoms with Crippen LogP contribution in [-0.2, 0) is 38.9 Å². The standard InChI is InChI=1S/C37H46ClN3O5/c1-35(2,3)46-34(43)41-31-17-8-6-15-29(31)32(40-41)45-22-10-12-26-23-25-11-5-7-16-30(25)36(26)18-20-37(21-19-36,33(42)44-4)39-28-14-9-13-27(38)24-28/h5,7,9,11,13-14,16,24,26,39H,6,8,10,12,15,17-23H2,1-4H3. The van der Waals surface area contributed by atoms with E-state index in [1.54, 1.807) is 0 Å². The lowest BCUT2D eigenvalue weighted by molar-refractivity contribution is -0.148. The van der Waals surface area contributed by atoms with Gasteiger partial charge in [-0.1, -0.05) is 41.9 Å². The molecule has 0 radical (unpaired) electrons. The summed E-state index contributed by atoms with van der Waals surface area (Å²) in [6.07, 6.45) is 9.28. The molecule has 1 spiro atoms. The van der Waals surface area contributed by atoms with Crippen molar-refractivity contribution < 1.29 is 23.8 Å². The Kier molecular flexibility index (Phi) is 9.12. The zero-order chi connectivity index (χ0) is 32.5. The third-order valence-corrected chi connectivity index (χ3v) is 10.5. The molecule has 8 nitrogen and oxygen atoms in total. The Morgan fingerprint density at radius 1 is 1.04 bits per heavy atom. The molecule has 6 rings (SSSR count). The first-order valence-electron chi connectivity index (χ1n) is 16.7. The molecule has 1 heterocycles. The van der Waals surface area contributed by atoms with Crippen molar-refractivity contribution in [2.45, 2.75) is 108 Å². The van der Waals surface area contributed by atoms with Crippen LogP contribution in [0.3, 0.4) is 0 Å². The molecule has 3 aromatic rings. The van der Waals surface area contributed by atoms with Crippen LogP contribution in [0, 0.1) is 5.92 Å². The fourth-order valence-corrected chi connectivity index (χ4v) is 8.29. The van der Waals surface area contributed by atoms with Crippen molar-refractivity contribution in [1.29, 1.82) is 0 Å². The number of fused-ring (bicyclic) bond motifs is 3. The molecule has 1 saturated carbocycles. The number of carbonyl (C=O) groups is 2. The first-order chi connectivity index (χ1) is 22.0. The van der Waals surface area contributed by atoms with Gasteiger partial charge < -0.3 is 19.5 Å². The first kappa shape index (κ1) is 32.4. The quantitative estimate of drug-likeness (QED) is 0.195. The number of halogens is 1. The van der Waals surface area contributed by atoms with Crippen LogP contribution >= 0.6 is 11.6 Å². The summed E-state index contributed by atoms with van der Waals surface area (Å²) in [6, 6.07) is 16.3. The van der Waals surface area contributed by atoms with Gasteiger partial charge in [0.15, 0.2) is 0 Å². The van der Waals surface area contributed by atoms with Crippen LogP contribution in [0.1, 0.15) is 94.5 Å². The number of esters is 1. The summed E-state index contributed by atoms with van der Waals surface area (Å²) in [5.41, 5.74) is 4.21. The van der Waals surface area contributed by atoms with Gasteiger partial charge in [0.25, 0.3) is 0 Å². The van der Waals surface area contributed by atoms with Gasteiger partial charge in [-0.15, -0.1) is 5.10 Å². The summed E-state index contributed by atoms with van der Waals surface area (Å²) >= 11 is 6.28. The van der Waals surface area contributed by atoms with Gasteiger partial charge in [0.2, 0.25) is 5.88 Å². The minimum absolute atomic E-state index is 0.0123. The summed E-state index contributed by atoms with van der Waals surface area (Å²) < 4.78 is 18.7. The molecule has 246 valence electrons. The van der Waals surface area contributed by atoms with Crippen LogP contribution < -0.4 is 10.1 Å². The molecule has 1 unspecified atom stereocenters. The highest BCUT2D eigenvalue weighted by Gasteiger charge is 2.54. The molecule has 46 heavy (non-hydrogen) atoms. The molecule has 1 fully saturated rings. The van der Waals surface area contributed by atoms with Crippen LogP contribution in [0.4, 0.5) is 10.5 Å². The molecule has 1 aromatic heterocycles. The predicted octanol–water partition coefficient (Wildman–Crippen LogP) is 8.07. The molecule has 0 aliphatic heterocycles. The lowest BCUT2D eigenvalue weighted by Crippen LogP contribution is -2.53. The lowest BCUT2D eigenvalue weighted by atomic mass is 9.60. The van der Waals surface area contributed by atoms with E-state index >= 15 is 0 Å². The van der Waals surface area contributed by atoms with Gasteiger partial charge >= 0.3 is 12.1 Å². The van der Waals surface area contributed by atoms with E-state index in [1.807, 2.05) is 45.0 Å². The van der Waals surface area contributed by atoms with Crippen LogP contribution in [0.5, 0.6) is 5.88 Å². The Morgan fingerprint density at radius 3 is 2.54 bits per heavy atom. The number of carbonyl (C=O) groups excluding carboxylic acids is 2. The maximum atomic E-state index is 13.3. The van der Waals surface area contributed by atoms with E-state index in [-0.39, 0.29) is 11.4 Å². The van der Waals surface area contributed by atoms with Gasteiger partial charge in [-0.05, 0) is 132 Å². The zero-order valence-corrected chi connectivity index (χ0v) is 28.3. The summed E-state index contributed by atoms with van der Waals surface area (Å²) in [7, 11) is 1.47. The van der Waals surface area contributed by atoms with Crippen LogP contribution in [-0.4, -0.2) is 46.7 Å². The van der Waals surface area contributed by atoms with E-state index in [2.05, 4.69) is 34.7 Å². The summed E-state index contributed by atoms with van der Waals surface area (Å²) in [4.78, 5) is 26.2. The van der Waals surface area contributed by atoms with Crippen molar-refractivity contribution in [3.05, 3.63) is 75.9 Å². The Bertz CT molecular complexity index is 1580. The summed E-state index contributed by atoms with van der Waals surface area (Å²) in [6.45, 7) is 6.13. The summed E-state index contributed by atoms with van der Waals surface area (Å²) in [5.74, 6) is 0.772. The van der Waals surface area contributed by atoms with Gasteiger partial charge in [-0.25, -0.2) is 9.59 Å². The van der Waals surface area contributed by atoms with Crippen molar-refractivity contribution >= 4 is 29.4 Å². The molecule has 0 saturated heterocycles. The minimum atomic E-state index is -0.804. The van der Waals surface area contributed by atoms with Crippen LogP contribution in [0.15, 0.2) is 48.5 Å². The van der Waals surface area contributed by atoms with Gasteiger partial charge in [0.05, 0.1) is 19.4 Å². The second kappa shape index (κ2) is 12.9. The van der Waals surface area contributed by atoms with Crippen LogP contribution in [0.2, 0.25) is 5.02 Å². The van der Waals surface area contributed by atoms with Crippen molar-refractivity contribution in [2.75, 3.05) is 19.0 Å². The van der Waals surface area contributed by atoms with E-state index < -0.39 is 17.2 Å². The molecular formula is C37H46ClN3O5. The number of aromatic nitrogens is 2. The number of nitrogens with one attached hydrogen (secondary N) is 1. The molecule has 2 aromatic carbocycles. The Labute approximate surface area is 277 Å². The molecule has 3 aliphatic rings. The fraction of sp³-hybridized carbons (Fsp3) is 0.541. The van der Waals surface area contributed by atoms with Gasteiger partial charge in [0.1, 0.15) is 11.1 Å². The van der Waals surface area contributed by atoms with E-state index in [0.29, 0.717) is 36.3 Å². The summed E-state index contributed by atoms with van der Waals surface area (Å²) in [5, 5.41) is 8.76. The molecule has 0 amide bonds. The average Bonchev–Trinajstić information content (AvgIpc) is 3.55. The highest BCUT2D eigenvalue weighted by atomic mass is 35.5. The normalized spacial score (nSPS) is 23.8. The smallest absolute Gasteiger partial charge is 0.435 e. The molecule has 3 aliphatic carbocycles. The number of anilines is 1. The molecule has 0 bridgehead atoms. The van der Waals surface area contributed by atoms with E-state index in [0.717, 1.165) is 74.7 Å². The van der Waals surface area contributed by atoms with Crippen LogP contribution in [0.25, 0.3) is 0 Å². The highest BCUT2D eigenvalue weighted by molar-refractivity contribution is 6.30. The Balaban J connectivity index is 1.16. The number of ether oxygens (including phenoxy) is 3. The molecule has 1 atom stereocenters. The number of hydrogen-bond donors (Lipinski definition) is 1. The SMILES string of the molecule is COC(=O)C1(Nc2cccc(Cl)c2)CCC2(CC1)c1ccccc1CC2CCCOc1nn(C(=O)OC(C)(C)C)c2c1CCCC2. The Morgan fingerprint density at radius 2 is 1.80 bits per heavy atom. The second-order valence-electron chi connectivity index (χ2n) is 14.2. The highest BCUT2D eigenvalue weighted by Crippen LogP contribution is 2.56. The number of rotatable bonds is 8. The van der Waals surface area contributed by atoms with Crippen molar-refractivity contribution in [2.24, 2.45) is 5.92 Å². The van der Waals surface area contributed by atoms with Gasteiger partial charge in [0, 0.05) is 16.3 Å². The maximum absolute atomic E-state index is 13.3. The minimum Gasteiger partial charge on any atom is -0.476 e. The lowest BCUT2D eigenvalue weighted by Gasteiger charge is -2.47. The van der Waals surface area contributed by atoms with E-state index in [1.165, 1.54) is 22.9 Å². The van der Waals surface area contributed by atoms with E-state index in [9.17, 15) is 9.59 Å². The van der Waals surface area contributed by atoms with Crippen molar-refractivity contribution in [3.63, 3.8) is 0 Å². The largest absolute Gasteiger partial charge is 0.476 e. The topological polar surface area (TPSA) is 91.7 Å². The van der Waals surface area contributed by atoms with Gasteiger partial charge in [-0.2, -0.15) is 4.68 Å². The van der Waals surface area contributed by atoms with Crippen molar-refractivity contribution in [1.82, 2.24) is 9.78 Å². The predicted molar refractivity (Wildman–Crippen MR) is 179 cm³/mol. The van der Waals surface area contributed by atoms with Crippen molar-refractivity contribution in [3.8, 4) is 5.88 Å². The average molecular weight is 648 g/mol. The molecular weight excluding hydrogens is 602 g/mol. The zero-order valence-electron chi connectivity index (χ0n) is 27.5. The fourth-order valence-electron chi connectivity index (χ4n) is 8.10. The molecule has 1 N–H and O–H groups in total. The first-order valence-corrected chi connectivity index (χ1v) is 17.1. The number of benzene rings is 2. The maximum Gasteiger partial charge on any atom is 0.435 e. The third kappa shape index (κ3) is 6.38. The number of nitrogens with zero attached hydrogens (tertiary/aromatic N) is 2. The Hall–Kier alpha value is -3.52. The van der Waals surface area contributed by atoms with Gasteiger partial charge in [-0.3, -0.25) is 0 Å². The van der Waals surface area contributed by atoms with E-state index in [4.69, 9.17) is 25.8 Å².